The van der Waals surface area contributed by atoms with E-state index in [1.807, 2.05) is 66.2 Å². The number of hydrogen-bond acceptors (Lipinski definition) is 10. The molecule has 0 spiro atoms. The second-order valence-corrected chi connectivity index (χ2v) is 48.2. The summed E-state index contributed by atoms with van der Waals surface area (Å²) in [4.78, 5) is 39.6. The summed E-state index contributed by atoms with van der Waals surface area (Å²) in [6.07, 6.45) is 0. The lowest BCUT2D eigenvalue weighted by Gasteiger charge is -2.40. The van der Waals surface area contributed by atoms with E-state index in [0.717, 1.165) is 0 Å². The Morgan fingerprint density at radius 3 is 0.854 bits per heavy atom. The van der Waals surface area contributed by atoms with Gasteiger partial charge in [-0.05, 0) is 106 Å². The van der Waals surface area contributed by atoms with Gasteiger partial charge in [-0.3, -0.25) is 0 Å². The third kappa shape index (κ3) is 26.3. The van der Waals surface area contributed by atoms with Crippen molar-refractivity contribution in [3.8, 4) is 0 Å². The van der Waals surface area contributed by atoms with Gasteiger partial charge in [0.15, 0.2) is 25.0 Å². The molecule has 41 heavy (non-hydrogen) atoms. The molecular weight excluding hydrogens is 661 g/mol. The first kappa shape index (κ1) is 46.7. The third-order valence-corrected chi connectivity index (χ3v) is 24.6. The van der Waals surface area contributed by atoms with Crippen molar-refractivity contribution in [2.24, 2.45) is 0 Å². The molecule has 0 aromatic carbocycles. The zero-order chi connectivity index (χ0) is 34.5. The zero-order valence-corrected chi connectivity index (χ0v) is 38.3. The van der Waals surface area contributed by atoms with Crippen LogP contribution >= 0.6 is 0 Å². The molecule has 252 valence electrons. The van der Waals surface area contributed by atoms with Gasteiger partial charge < -0.3 is 45.5 Å². The topological polar surface area (TPSA) is 147 Å². The minimum atomic E-state index is -3.30. The highest BCUT2D eigenvalue weighted by Gasteiger charge is 2.47. The average molecular weight is 729 g/mol. The summed E-state index contributed by atoms with van der Waals surface area (Å²) < 4.78 is 27.8. The molecule has 0 radical (unpaired) electrons. The van der Waals surface area contributed by atoms with Crippen LogP contribution in [0.25, 0.3) is 0 Å². The molecule has 0 bridgehead atoms. The van der Waals surface area contributed by atoms with Crippen molar-refractivity contribution in [1.29, 1.82) is 0 Å². The van der Waals surface area contributed by atoms with Gasteiger partial charge in [0.25, 0.3) is 0 Å². The fourth-order valence-corrected chi connectivity index (χ4v) is 22.3. The lowest BCUT2D eigenvalue weighted by molar-refractivity contribution is -0.0624. The third-order valence-electron chi connectivity index (χ3n) is 5.24. The molecule has 0 fully saturated rings. The van der Waals surface area contributed by atoms with Gasteiger partial charge in [0.05, 0.1) is 5.22 Å². The first-order valence-corrected chi connectivity index (χ1v) is 38.2. The largest absolute Gasteiger partial charge is 0.477 e. The maximum Gasteiger partial charge on any atom is 0.477 e. The van der Waals surface area contributed by atoms with Crippen LogP contribution in [0.1, 0.15) is 20.8 Å². The molecule has 0 aliphatic heterocycles. The van der Waals surface area contributed by atoms with Gasteiger partial charge in [0, 0.05) is 13.1 Å². The normalized spacial score (nSPS) is 18.6. The molecule has 0 rings (SSSR count). The number of hydrogen-bond donors (Lipinski definition) is 5. The molecule has 0 aromatic heterocycles. The molecule has 3 atom stereocenters. The Hall–Kier alpha value is 1.34. The summed E-state index contributed by atoms with van der Waals surface area (Å²) >= 11 is 0. The Morgan fingerprint density at radius 1 is 0.439 bits per heavy atom. The maximum atomic E-state index is 10.1. The lowest BCUT2D eigenvalue weighted by Crippen LogP contribution is -2.58. The van der Waals surface area contributed by atoms with Gasteiger partial charge >= 0.3 is 26.2 Å². The molecule has 0 aliphatic carbocycles. The summed E-state index contributed by atoms with van der Waals surface area (Å²) in [7, 11) is -18.5. The Balaban J connectivity index is -0.000000542. The van der Waals surface area contributed by atoms with E-state index in [4.69, 9.17) is 21.2 Å². The molecule has 0 saturated carbocycles. The van der Waals surface area contributed by atoms with Crippen LogP contribution in [0, 0.1) is 0 Å². The molecule has 0 heterocycles. The standard InChI is InChI=1S/C8H26O5Si4.C8H22O2Si2.C7H20O3Si2/c1-14(2,3)11-16(7,9)13-17(8,10)12-15(4,5)6;1-8(9,11(2,3)4)10-12(5,6)7;1-7(2,11(3,4)8)10-12(5,6)9/h9-10H,1-8H3;9H,1-7H3;8-9H,1-6H3. The molecule has 18 heteroatoms. The van der Waals surface area contributed by atoms with Gasteiger partial charge in [-0.1, -0.05) is 19.6 Å². The first-order valence-electron chi connectivity index (χ1n) is 14.2. The van der Waals surface area contributed by atoms with Crippen LogP contribution in [0.15, 0.2) is 0 Å². The van der Waals surface area contributed by atoms with E-state index in [9.17, 15) is 24.3 Å². The van der Waals surface area contributed by atoms with Crippen LogP contribution in [0.2, 0.25) is 118 Å². The summed E-state index contributed by atoms with van der Waals surface area (Å²) in [5.74, 6) is 0. The fourth-order valence-electron chi connectivity index (χ4n) is 3.03. The maximum absolute atomic E-state index is 10.1. The van der Waals surface area contributed by atoms with Crippen LogP contribution in [0.5, 0.6) is 0 Å². The quantitative estimate of drug-likeness (QED) is 0.130. The van der Waals surface area contributed by atoms with E-state index >= 15 is 0 Å². The molecule has 5 N–H and O–H groups in total. The Bertz CT molecular complexity index is 704. The monoisotopic (exact) mass is 728 g/mol. The Labute approximate surface area is 261 Å². The van der Waals surface area contributed by atoms with Crippen molar-refractivity contribution in [2.45, 2.75) is 149 Å². The average Bonchev–Trinajstić information content (AvgIpc) is 2.41. The molecule has 0 amide bonds. The summed E-state index contributed by atoms with van der Waals surface area (Å²) in [5.41, 5.74) is -0.878. The van der Waals surface area contributed by atoms with Crippen LogP contribution < -0.4 is 0 Å². The minimum Gasteiger partial charge on any atom is -0.429 e. The van der Waals surface area contributed by atoms with Gasteiger partial charge in [0.2, 0.25) is 8.32 Å². The Morgan fingerprint density at radius 2 is 0.732 bits per heavy atom. The van der Waals surface area contributed by atoms with Crippen molar-refractivity contribution in [1.82, 2.24) is 0 Å². The number of rotatable bonds is 12. The lowest BCUT2D eigenvalue weighted by atomic mass is 10.5. The van der Waals surface area contributed by atoms with Crippen molar-refractivity contribution in [3.63, 3.8) is 0 Å². The van der Waals surface area contributed by atoms with E-state index < -0.39 is 78.1 Å². The minimum absolute atomic E-state index is 0.572. The highest BCUT2D eigenvalue weighted by Crippen LogP contribution is 2.26. The van der Waals surface area contributed by atoms with Gasteiger partial charge in [-0.25, -0.2) is 0 Å². The SMILES string of the molecule is CC(C)(O[Si](C)(C)O)[Si](C)(C)O.CC(O)(O[Si](C)(C)C)[Si](C)(C)C.C[Si](C)(C)O[Si](C)(O)O[Si](C)(O)O[Si](C)(C)C. The van der Waals surface area contributed by atoms with Crippen LogP contribution in [-0.4, -0.2) is 102 Å². The van der Waals surface area contributed by atoms with Crippen molar-refractivity contribution >= 4 is 67.5 Å². The second-order valence-electron chi connectivity index (χ2n) is 16.4. The van der Waals surface area contributed by atoms with Crippen LogP contribution in [0.3, 0.4) is 0 Å². The predicted molar refractivity (Wildman–Crippen MR) is 191 cm³/mol. The highest BCUT2D eigenvalue weighted by molar-refractivity contribution is 6.85. The summed E-state index contributed by atoms with van der Waals surface area (Å²) in [5, 5.41) is 9.49. The van der Waals surface area contributed by atoms with Gasteiger partial charge in [-0.15, -0.1) is 0 Å². The van der Waals surface area contributed by atoms with Crippen LogP contribution in [-0.2, 0) is 21.2 Å². The molecule has 3 unspecified atom stereocenters. The molecule has 0 saturated heterocycles. The zero-order valence-electron chi connectivity index (χ0n) is 30.3. The summed E-state index contributed by atoms with van der Waals surface area (Å²) in [6.45, 7) is 40.0. The van der Waals surface area contributed by atoms with E-state index in [0.29, 0.717) is 0 Å². The van der Waals surface area contributed by atoms with Crippen LogP contribution in [0.4, 0.5) is 0 Å². The number of aliphatic hydroxyl groups is 1. The van der Waals surface area contributed by atoms with Gasteiger partial charge in [-0.2, -0.15) is 0 Å². The summed E-state index contributed by atoms with van der Waals surface area (Å²) in [6, 6.07) is 0. The molecular formula is C23H68O10Si8. The van der Waals surface area contributed by atoms with E-state index in [-0.39, 0.29) is 0 Å². The molecule has 0 aliphatic rings. The smallest absolute Gasteiger partial charge is 0.429 e. The Kier molecular flexibility index (Phi) is 17.4. The second kappa shape index (κ2) is 15.3. The predicted octanol–water partition coefficient (Wildman–Crippen LogP) is 5.46. The van der Waals surface area contributed by atoms with E-state index in [2.05, 4.69) is 39.3 Å². The molecule has 0 aromatic rings. The van der Waals surface area contributed by atoms with E-state index in [1.165, 1.54) is 13.1 Å². The van der Waals surface area contributed by atoms with E-state index in [1.54, 1.807) is 20.0 Å². The first-order chi connectivity index (χ1) is 17.0. The highest BCUT2D eigenvalue weighted by atomic mass is 28.5. The molecule has 10 nitrogen and oxygen atoms in total. The van der Waals surface area contributed by atoms with Crippen molar-refractivity contribution in [2.75, 3.05) is 0 Å². The fraction of sp³-hybridized carbons (Fsp3) is 1.00. The van der Waals surface area contributed by atoms with Crippen molar-refractivity contribution in [3.05, 3.63) is 0 Å². The van der Waals surface area contributed by atoms with Gasteiger partial charge in [0.1, 0.15) is 13.5 Å². The van der Waals surface area contributed by atoms with Crippen molar-refractivity contribution < 1.29 is 45.5 Å².